The fourth-order valence-corrected chi connectivity index (χ4v) is 3.95. The maximum atomic E-state index is 12.3. The molecule has 0 aliphatic carbocycles. The number of carbonyl (C=O) groups excluding carboxylic acids is 1. The number of benzene rings is 2. The Kier molecular flexibility index (Phi) is 7.48. The number of aryl methyl sites for hydroxylation is 1. The fourth-order valence-electron chi connectivity index (χ4n) is 2.32. The van der Waals surface area contributed by atoms with Crippen molar-refractivity contribution in [2.75, 3.05) is 7.11 Å². The molecule has 0 saturated carbocycles. The maximum Gasteiger partial charge on any atom is 0.367 e. The summed E-state index contributed by atoms with van der Waals surface area (Å²) in [6.45, 7) is 8.18. The molecule has 0 aliphatic rings. The highest BCUT2D eigenvalue weighted by atomic mass is 32.2. The second-order valence-electron chi connectivity index (χ2n) is 7.53. The summed E-state index contributed by atoms with van der Waals surface area (Å²) >= 11 is 0.968. The van der Waals surface area contributed by atoms with Gasteiger partial charge in [-0.3, -0.25) is 4.28 Å². The van der Waals surface area contributed by atoms with Gasteiger partial charge in [0.2, 0.25) is 5.04 Å². The van der Waals surface area contributed by atoms with Gasteiger partial charge in [-0.2, -0.15) is 8.42 Å². The topological polar surface area (TPSA) is 82.0 Å². The second-order valence-corrected chi connectivity index (χ2v) is 10.1. The van der Waals surface area contributed by atoms with E-state index >= 15 is 0 Å². The van der Waals surface area contributed by atoms with E-state index in [4.69, 9.17) is 4.28 Å². The molecule has 29 heavy (non-hydrogen) atoms. The summed E-state index contributed by atoms with van der Waals surface area (Å²) in [5, 5.41) is 3.35. The van der Waals surface area contributed by atoms with Crippen LogP contribution in [0.25, 0.3) is 0 Å². The van der Waals surface area contributed by atoms with Gasteiger partial charge in [0.15, 0.2) is 0 Å². The van der Waals surface area contributed by atoms with Gasteiger partial charge in [-0.1, -0.05) is 79.7 Å². The Hall–Kier alpha value is -2.32. The van der Waals surface area contributed by atoms with Gasteiger partial charge in [-0.05, 0) is 35.6 Å². The van der Waals surface area contributed by atoms with Gasteiger partial charge in [0, 0.05) is 4.90 Å². The lowest BCUT2D eigenvalue weighted by molar-refractivity contribution is -0.132. The van der Waals surface area contributed by atoms with E-state index in [-0.39, 0.29) is 16.2 Å². The highest BCUT2D eigenvalue weighted by molar-refractivity contribution is 8.15. The minimum atomic E-state index is -4.03. The molecule has 0 spiro atoms. The van der Waals surface area contributed by atoms with Crippen molar-refractivity contribution in [1.29, 1.82) is 0 Å². The van der Waals surface area contributed by atoms with Crippen LogP contribution in [0.1, 0.15) is 37.5 Å². The SMILES string of the molecule is COC(=O)/C(=N/OS(=O)(=O)Cc1ccc(C(C)(C)C)cc1)Sc1ccc(C)cc1. The van der Waals surface area contributed by atoms with Gasteiger partial charge in [0.25, 0.3) is 0 Å². The Balaban J connectivity index is 2.13. The normalized spacial score (nSPS) is 12.5. The number of esters is 1. The standard InChI is InChI=1S/C21H25NO5S2/c1-15-6-12-18(13-7-15)28-19(20(23)26-5)22-27-29(24,25)14-16-8-10-17(11-9-16)21(2,3)4/h6-13H,14H2,1-5H3/b22-19-. The lowest BCUT2D eigenvalue weighted by Crippen LogP contribution is -2.15. The molecule has 0 bridgehead atoms. The van der Waals surface area contributed by atoms with Crippen molar-refractivity contribution in [2.24, 2.45) is 5.16 Å². The zero-order valence-electron chi connectivity index (χ0n) is 17.1. The van der Waals surface area contributed by atoms with Crippen LogP contribution in [0.5, 0.6) is 0 Å². The number of hydrogen-bond acceptors (Lipinski definition) is 7. The van der Waals surface area contributed by atoms with Crippen molar-refractivity contribution in [1.82, 2.24) is 0 Å². The third-order valence-corrected chi connectivity index (χ3v) is 5.92. The van der Waals surface area contributed by atoms with Crippen molar-refractivity contribution in [3.05, 3.63) is 65.2 Å². The summed E-state index contributed by atoms with van der Waals surface area (Å²) in [5.41, 5.74) is 2.70. The molecule has 0 radical (unpaired) electrons. The molecule has 0 unspecified atom stereocenters. The van der Waals surface area contributed by atoms with Crippen LogP contribution in [0.4, 0.5) is 0 Å². The van der Waals surface area contributed by atoms with Gasteiger partial charge in [0.05, 0.1) is 7.11 Å². The van der Waals surface area contributed by atoms with E-state index in [1.165, 1.54) is 7.11 Å². The molecule has 0 heterocycles. The summed E-state index contributed by atoms with van der Waals surface area (Å²) in [5.74, 6) is -1.13. The number of nitrogens with zero attached hydrogens (tertiary/aromatic N) is 1. The zero-order chi connectivity index (χ0) is 21.7. The Morgan fingerprint density at radius 2 is 1.62 bits per heavy atom. The van der Waals surface area contributed by atoms with Crippen LogP contribution in [0.2, 0.25) is 0 Å². The minimum absolute atomic E-state index is 0.0270. The van der Waals surface area contributed by atoms with Gasteiger partial charge >= 0.3 is 16.1 Å². The number of carbonyl (C=O) groups is 1. The van der Waals surface area contributed by atoms with E-state index in [0.717, 1.165) is 22.9 Å². The molecule has 0 saturated heterocycles. The molecular formula is C21H25NO5S2. The number of hydrogen-bond donors (Lipinski definition) is 0. The van der Waals surface area contributed by atoms with Gasteiger partial charge in [-0.15, -0.1) is 0 Å². The lowest BCUT2D eigenvalue weighted by atomic mass is 9.87. The van der Waals surface area contributed by atoms with Crippen LogP contribution in [-0.2, 0) is 35.1 Å². The largest absolute Gasteiger partial charge is 0.464 e. The van der Waals surface area contributed by atoms with Crippen LogP contribution < -0.4 is 0 Å². The molecule has 2 aromatic rings. The predicted octanol–water partition coefficient (Wildman–Crippen LogP) is 4.42. The van der Waals surface area contributed by atoms with E-state index in [1.54, 1.807) is 24.3 Å². The molecule has 2 rings (SSSR count). The van der Waals surface area contributed by atoms with E-state index in [1.807, 2.05) is 31.2 Å². The van der Waals surface area contributed by atoms with Crippen molar-refractivity contribution in [3.63, 3.8) is 0 Å². The summed E-state index contributed by atoms with van der Waals surface area (Å²) in [6.07, 6.45) is 0. The molecule has 0 amide bonds. The van der Waals surface area contributed by atoms with Gasteiger partial charge < -0.3 is 4.74 Å². The average molecular weight is 436 g/mol. The summed E-state index contributed by atoms with van der Waals surface area (Å²) in [7, 11) is -2.83. The first-order valence-corrected chi connectivity index (χ1v) is 11.3. The summed E-state index contributed by atoms with van der Waals surface area (Å²) in [4.78, 5) is 12.6. The molecule has 6 nitrogen and oxygen atoms in total. The molecule has 0 fully saturated rings. The first kappa shape index (κ1) is 23.0. The Morgan fingerprint density at radius 3 is 2.14 bits per heavy atom. The van der Waals surface area contributed by atoms with Crippen LogP contribution in [0, 0.1) is 6.92 Å². The maximum absolute atomic E-state index is 12.3. The molecule has 8 heteroatoms. The van der Waals surface area contributed by atoms with Crippen LogP contribution in [-0.4, -0.2) is 26.5 Å². The second kappa shape index (κ2) is 9.45. The van der Waals surface area contributed by atoms with Crippen LogP contribution in [0.15, 0.2) is 58.6 Å². The number of rotatable bonds is 5. The Bertz CT molecular complexity index is 973. The van der Waals surface area contributed by atoms with Crippen LogP contribution >= 0.6 is 11.8 Å². The monoisotopic (exact) mass is 435 g/mol. The number of thioether (sulfide) groups is 1. The first-order chi connectivity index (χ1) is 13.5. The minimum Gasteiger partial charge on any atom is -0.464 e. The fraction of sp³-hybridized carbons (Fsp3) is 0.333. The molecule has 2 aromatic carbocycles. The summed E-state index contributed by atoms with van der Waals surface area (Å²) < 4.78 is 34.0. The van der Waals surface area contributed by atoms with Gasteiger partial charge in [0.1, 0.15) is 5.75 Å². The molecule has 0 aliphatic heterocycles. The Labute approximate surface area is 176 Å². The highest BCUT2D eigenvalue weighted by Crippen LogP contribution is 2.24. The van der Waals surface area contributed by atoms with Crippen molar-refractivity contribution in [3.8, 4) is 0 Å². The lowest BCUT2D eigenvalue weighted by Gasteiger charge is -2.19. The quantitative estimate of drug-likeness (QED) is 0.227. The van der Waals surface area contributed by atoms with E-state index in [2.05, 4.69) is 30.7 Å². The highest BCUT2D eigenvalue weighted by Gasteiger charge is 2.20. The predicted molar refractivity (Wildman–Crippen MR) is 115 cm³/mol. The molecule has 0 aromatic heterocycles. The molecule has 0 atom stereocenters. The number of ether oxygens (including phenoxy) is 1. The van der Waals surface area contributed by atoms with E-state index < -0.39 is 16.1 Å². The summed E-state index contributed by atoms with van der Waals surface area (Å²) in [6, 6.07) is 14.6. The smallest absolute Gasteiger partial charge is 0.367 e. The Morgan fingerprint density at radius 1 is 1.03 bits per heavy atom. The zero-order valence-corrected chi connectivity index (χ0v) is 18.8. The molecular weight excluding hydrogens is 410 g/mol. The molecule has 156 valence electrons. The van der Waals surface area contributed by atoms with Crippen molar-refractivity contribution < 1.29 is 22.2 Å². The third kappa shape index (κ3) is 7.21. The third-order valence-electron chi connectivity index (χ3n) is 3.99. The van der Waals surface area contributed by atoms with Crippen LogP contribution in [0.3, 0.4) is 0 Å². The molecule has 0 N–H and O–H groups in total. The average Bonchev–Trinajstić information content (AvgIpc) is 2.65. The number of methoxy groups -OCH3 is 1. The van der Waals surface area contributed by atoms with E-state index in [9.17, 15) is 13.2 Å². The van der Waals surface area contributed by atoms with Crippen molar-refractivity contribution >= 4 is 32.9 Å². The van der Waals surface area contributed by atoms with Crippen molar-refractivity contribution in [2.45, 2.75) is 43.8 Å². The first-order valence-electron chi connectivity index (χ1n) is 8.92. The number of oxime groups is 1. The van der Waals surface area contributed by atoms with Gasteiger partial charge in [-0.25, -0.2) is 4.79 Å². The van der Waals surface area contributed by atoms with E-state index in [0.29, 0.717) is 10.5 Å².